The molecule has 0 atom stereocenters. The predicted molar refractivity (Wildman–Crippen MR) is 111 cm³/mol. The number of rotatable bonds is 11. The first kappa shape index (κ1) is 20.9. The number of nitrogens with zero attached hydrogens (tertiary/aromatic N) is 4. The van der Waals surface area contributed by atoms with Gasteiger partial charge in [0.1, 0.15) is 12.3 Å². The van der Waals surface area contributed by atoms with E-state index in [1.807, 2.05) is 42.5 Å². The normalized spacial score (nSPS) is 10.7. The molecule has 3 aromatic rings. The Labute approximate surface area is 174 Å². The number of methoxy groups -OCH3 is 3. The summed E-state index contributed by atoms with van der Waals surface area (Å²) in [5, 5.41) is 15.1. The van der Waals surface area contributed by atoms with Gasteiger partial charge in [0.2, 0.25) is 5.16 Å². The Bertz CT molecular complexity index is 904. The number of thioether (sulfide) groups is 1. The van der Waals surface area contributed by atoms with Crippen molar-refractivity contribution in [1.82, 2.24) is 20.2 Å². The van der Waals surface area contributed by atoms with Crippen LogP contribution >= 0.6 is 11.8 Å². The molecule has 0 unspecified atom stereocenters. The van der Waals surface area contributed by atoms with Gasteiger partial charge in [-0.3, -0.25) is 0 Å². The molecule has 0 saturated carbocycles. The van der Waals surface area contributed by atoms with E-state index in [2.05, 4.69) is 20.8 Å². The zero-order chi connectivity index (χ0) is 20.5. The van der Waals surface area contributed by atoms with Crippen molar-refractivity contribution in [1.29, 1.82) is 0 Å². The predicted octanol–water partition coefficient (Wildman–Crippen LogP) is 1.93. The molecule has 0 bridgehead atoms. The Hall–Kier alpha value is -2.78. The lowest BCUT2D eigenvalue weighted by Gasteiger charge is -2.13. The summed E-state index contributed by atoms with van der Waals surface area (Å²) in [4.78, 5) is 0. The zero-order valence-corrected chi connectivity index (χ0v) is 17.7. The van der Waals surface area contributed by atoms with Crippen LogP contribution in [0.1, 0.15) is 12.0 Å². The van der Waals surface area contributed by atoms with Gasteiger partial charge in [0, 0.05) is 18.2 Å². The fourth-order valence-electron chi connectivity index (χ4n) is 2.90. The number of hydrogen-bond acceptors (Lipinski definition) is 7. The van der Waals surface area contributed by atoms with Gasteiger partial charge in [0.05, 0.1) is 39.1 Å². The highest BCUT2D eigenvalue weighted by molar-refractivity contribution is 7.99. The summed E-state index contributed by atoms with van der Waals surface area (Å²) in [6.07, 6.45) is 1.03. The molecule has 29 heavy (non-hydrogen) atoms. The van der Waals surface area contributed by atoms with Gasteiger partial charge in [-0.2, -0.15) is 4.68 Å². The molecule has 0 fully saturated rings. The van der Waals surface area contributed by atoms with Crippen LogP contribution < -0.4 is 19.5 Å². The molecule has 0 amide bonds. The molecule has 0 spiro atoms. The summed E-state index contributed by atoms with van der Waals surface area (Å²) in [5.74, 6) is 3.11. The van der Waals surface area contributed by atoms with E-state index in [0.29, 0.717) is 11.5 Å². The van der Waals surface area contributed by atoms with Gasteiger partial charge >= 0.3 is 0 Å². The van der Waals surface area contributed by atoms with Crippen molar-refractivity contribution >= 4 is 11.8 Å². The molecule has 8 nitrogen and oxygen atoms in total. The summed E-state index contributed by atoms with van der Waals surface area (Å²) < 4.78 is 18.0. The fraction of sp³-hybridized carbons (Fsp3) is 0.350. The van der Waals surface area contributed by atoms with E-state index in [1.165, 1.54) is 0 Å². The Morgan fingerprint density at radius 3 is 2.41 bits per heavy atom. The lowest BCUT2D eigenvalue weighted by molar-refractivity contribution is -0.670. The smallest absolute Gasteiger partial charge is 0.214 e. The van der Waals surface area contributed by atoms with Gasteiger partial charge in [0.15, 0.2) is 11.5 Å². The fourth-order valence-corrected chi connectivity index (χ4v) is 3.75. The molecule has 2 N–H and O–H groups in total. The summed E-state index contributed by atoms with van der Waals surface area (Å²) in [5.41, 5.74) is 2.04. The van der Waals surface area contributed by atoms with Crippen LogP contribution in [-0.2, 0) is 6.54 Å². The maximum atomic E-state index is 5.49. The van der Waals surface area contributed by atoms with Crippen LogP contribution in [0.15, 0.2) is 47.6 Å². The lowest BCUT2D eigenvalue weighted by Crippen LogP contribution is -2.82. The molecular weight excluding hydrogens is 390 g/mol. The lowest BCUT2D eigenvalue weighted by atomic mass is 10.1. The average molecular weight is 417 g/mol. The Morgan fingerprint density at radius 2 is 1.69 bits per heavy atom. The van der Waals surface area contributed by atoms with Crippen LogP contribution in [0, 0.1) is 0 Å². The molecule has 0 aliphatic heterocycles. The minimum atomic E-state index is 0.667. The Morgan fingerprint density at radius 1 is 0.966 bits per heavy atom. The third-order valence-electron chi connectivity index (χ3n) is 4.38. The van der Waals surface area contributed by atoms with Gasteiger partial charge in [-0.25, -0.2) is 0 Å². The molecule has 9 heteroatoms. The second kappa shape index (κ2) is 10.7. The van der Waals surface area contributed by atoms with Crippen molar-refractivity contribution in [2.75, 3.05) is 33.6 Å². The van der Waals surface area contributed by atoms with Gasteiger partial charge in [0.25, 0.3) is 0 Å². The summed E-state index contributed by atoms with van der Waals surface area (Å²) in [6.45, 7) is 1.79. The van der Waals surface area contributed by atoms with Crippen LogP contribution in [0.5, 0.6) is 17.2 Å². The number of para-hydroxylation sites is 1. The quantitative estimate of drug-likeness (QED) is 0.377. The largest absolute Gasteiger partial charge is 0.496 e. The van der Waals surface area contributed by atoms with Gasteiger partial charge in [-0.05, 0) is 28.6 Å². The molecule has 0 saturated heterocycles. The van der Waals surface area contributed by atoms with Crippen LogP contribution in [0.3, 0.4) is 0 Å². The Balaban J connectivity index is 1.47. The summed E-state index contributed by atoms with van der Waals surface area (Å²) >= 11 is 1.66. The number of tetrazole rings is 1. The van der Waals surface area contributed by atoms with Crippen molar-refractivity contribution in [3.8, 4) is 22.9 Å². The third-order valence-corrected chi connectivity index (χ3v) is 5.38. The van der Waals surface area contributed by atoms with E-state index < -0.39 is 0 Å². The molecule has 0 aliphatic carbocycles. The van der Waals surface area contributed by atoms with Crippen molar-refractivity contribution in [2.45, 2.75) is 18.1 Å². The minimum Gasteiger partial charge on any atom is -0.496 e. The second-order valence-electron chi connectivity index (χ2n) is 6.21. The molecule has 0 aliphatic rings. The van der Waals surface area contributed by atoms with E-state index in [-0.39, 0.29) is 0 Å². The standard InChI is InChI=1S/C20H25N5O3S/c1-26-17-13-19(28-3)18(27-2)12-15(17)14-21-10-7-11-29-20-22-23-24-25(20)16-8-5-4-6-9-16/h4-6,8-9,12-13,21H,7,10-11,14H2,1-3H3/p+1. The summed E-state index contributed by atoms with van der Waals surface area (Å²) in [7, 11) is 4.92. The highest BCUT2D eigenvalue weighted by atomic mass is 32.2. The third kappa shape index (κ3) is 5.39. The monoisotopic (exact) mass is 416 g/mol. The second-order valence-corrected chi connectivity index (χ2v) is 7.27. The molecule has 154 valence electrons. The molecule has 1 aromatic heterocycles. The number of benzene rings is 2. The van der Waals surface area contributed by atoms with E-state index in [0.717, 1.165) is 47.4 Å². The van der Waals surface area contributed by atoms with E-state index in [4.69, 9.17) is 14.2 Å². The average Bonchev–Trinajstić information content (AvgIpc) is 3.24. The van der Waals surface area contributed by atoms with Crippen molar-refractivity contribution in [3.05, 3.63) is 48.0 Å². The van der Waals surface area contributed by atoms with Crippen molar-refractivity contribution < 1.29 is 19.5 Å². The first-order valence-corrected chi connectivity index (χ1v) is 10.3. The SMILES string of the molecule is COc1cc(OC)c(OC)cc1C[NH2+]CCCSc1nnnn1-c1ccccc1. The van der Waals surface area contributed by atoms with E-state index in [1.54, 1.807) is 37.8 Å². The van der Waals surface area contributed by atoms with Gasteiger partial charge in [-0.1, -0.05) is 30.0 Å². The highest BCUT2D eigenvalue weighted by Gasteiger charge is 2.13. The van der Waals surface area contributed by atoms with Crippen LogP contribution in [0.4, 0.5) is 0 Å². The van der Waals surface area contributed by atoms with Gasteiger partial charge < -0.3 is 19.5 Å². The van der Waals surface area contributed by atoms with Crippen molar-refractivity contribution in [2.24, 2.45) is 0 Å². The number of ether oxygens (including phenoxy) is 3. The minimum absolute atomic E-state index is 0.667. The van der Waals surface area contributed by atoms with Crippen LogP contribution in [0.25, 0.3) is 5.69 Å². The molecule has 0 radical (unpaired) electrons. The first-order chi connectivity index (χ1) is 14.3. The van der Waals surface area contributed by atoms with Crippen LogP contribution in [0.2, 0.25) is 0 Å². The van der Waals surface area contributed by atoms with Crippen LogP contribution in [-0.4, -0.2) is 53.8 Å². The molecule has 1 heterocycles. The number of quaternary nitrogens is 1. The topological polar surface area (TPSA) is 87.9 Å². The summed E-state index contributed by atoms with van der Waals surface area (Å²) in [6, 6.07) is 13.7. The van der Waals surface area contributed by atoms with E-state index in [9.17, 15) is 0 Å². The Kier molecular flexibility index (Phi) is 7.71. The first-order valence-electron chi connectivity index (χ1n) is 9.34. The van der Waals surface area contributed by atoms with Gasteiger partial charge in [-0.15, -0.1) is 5.10 Å². The van der Waals surface area contributed by atoms with Crippen molar-refractivity contribution in [3.63, 3.8) is 0 Å². The maximum Gasteiger partial charge on any atom is 0.214 e. The number of nitrogens with two attached hydrogens (primary N) is 1. The number of aromatic nitrogens is 4. The molecule has 2 aromatic carbocycles. The number of hydrogen-bond donors (Lipinski definition) is 1. The van der Waals surface area contributed by atoms with E-state index >= 15 is 0 Å². The molecule has 3 rings (SSSR count). The zero-order valence-electron chi connectivity index (χ0n) is 16.9. The molecular formula is C20H26N5O3S+. The highest BCUT2D eigenvalue weighted by Crippen LogP contribution is 2.34. The maximum absolute atomic E-state index is 5.49.